The Kier molecular flexibility index (Phi) is 6.82. The van der Waals surface area contributed by atoms with Crippen molar-refractivity contribution in [2.24, 2.45) is 0 Å². The Labute approximate surface area is 193 Å². The van der Waals surface area contributed by atoms with E-state index in [-0.39, 0.29) is 5.97 Å². The number of benzene rings is 2. The Morgan fingerprint density at radius 3 is 2.66 bits per heavy atom. The number of hydrogen-bond donors (Lipinski definition) is 1. The van der Waals surface area contributed by atoms with Crippen molar-refractivity contribution in [3.05, 3.63) is 82.0 Å². The standard InChI is InChI=1S/C26H29NO4S/c1-4-27-19-12-13-21-20(17-19)23(29-15-14-18-9-6-5-7-10-18)24(26(2,3)31-21)30-25(28)22-11-8-16-32-22/h5-13,16-17,23-24,27H,4,14-15H2,1-3H3. The molecule has 0 radical (unpaired) electrons. The third-order valence-corrected chi connectivity index (χ3v) is 6.37. The summed E-state index contributed by atoms with van der Waals surface area (Å²) in [6.45, 7) is 7.24. The molecule has 2 atom stereocenters. The van der Waals surface area contributed by atoms with Gasteiger partial charge in [-0.3, -0.25) is 0 Å². The van der Waals surface area contributed by atoms with Crippen LogP contribution in [-0.4, -0.2) is 30.8 Å². The molecule has 6 heteroatoms. The summed E-state index contributed by atoms with van der Waals surface area (Å²) in [5.74, 6) is 0.398. The minimum atomic E-state index is -0.753. The zero-order chi connectivity index (χ0) is 22.6. The molecule has 32 heavy (non-hydrogen) atoms. The van der Waals surface area contributed by atoms with Gasteiger partial charge in [-0.15, -0.1) is 11.3 Å². The quantitative estimate of drug-likeness (QED) is 0.434. The molecule has 2 aromatic carbocycles. The lowest BCUT2D eigenvalue weighted by molar-refractivity contribution is -0.139. The molecule has 1 N–H and O–H groups in total. The van der Waals surface area contributed by atoms with Gasteiger partial charge in [0.05, 0.1) is 6.61 Å². The largest absolute Gasteiger partial charge is 0.483 e. The molecule has 5 nitrogen and oxygen atoms in total. The molecule has 0 bridgehead atoms. The van der Waals surface area contributed by atoms with Crippen LogP contribution in [0.25, 0.3) is 0 Å². The number of carbonyl (C=O) groups is 1. The van der Waals surface area contributed by atoms with Crippen molar-refractivity contribution >= 4 is 23.0 Å². The zero-order valence-corrected chi connectivity index (χ0v) is 19.5. The average Bonchev–Trinajstić information content (AvgIpc) is 3.32. The molecule has 2 heterocycles. The number of fused-ring (bicyclic) bond motifs is 1. The molecule has 4 rings (SSSR count). The van der Waals surface area contributed by atoms with Crippen LogP contribution in [0, 0.1) is 0 Å². The number of rotatable bonds is 8. The van der Waals surface area contributed by atoms with Gasteiger partial charge in [0, 0.05) is 17.8 Å². The molecule has 1 aliphatic rings. The average molecular weight is 452 g/mol. The van der Waals surface area contributed by atoms with Gasteiger partial charge in [0.1, 0.15) is 22.3 Å². The molecule has 0 amide bonds. The predicted octanol–water partition coefficient (Wildman–Crippen LogP) is 5.88. The highest BCUT2D eigenvalue weighted by atomic mass is 32.1. The normalized spacial score (nSPS) is 19.0. The molecule has 2 unspecified atom stereocenters. The first-order valence-electron chi connectivity index (χ1n) is 10.9. The van der Waals surface area contributed by atoms with Crippen LogP contribution in [0.4, 0.5) is 5.69 Å². The van der Waals surface area contributed by atoms with Crippen LogP contribution in [0.2, 0.25) is 0 Å². The first-order valence-corrected chi connectivity index (χ1v) is 11.8. The summed E-state index contributed by atoms with van der Waals surface area (Å²) >= 11 is 1.36. The van der Waals surface area contributed by atoms with Crippen LogP contribution < -0.4 is 10.1 Å². The fourth-order valence-electron chi connectivity index (χ4n) is 3.94. The highest BCUT2D eigenvalue weighted by Crippen LogP contribution is 2.44. The molecular formula is C26H29NO4S. The Hall–Kier alpha value is -2.83. The lowest BCUT2D eigenvalue weighted by Gasteiger charge is -2.43. The van der Waals surface area contributed by atoms with E-state index in [1.165, 1.54) is 16.9 Å². The van der Waals surface area contributed by atoms with Gasteiger partial charge in [-0.1, -0.05) is 36.4 Å². The summed E-state index contributed by atoms with van der Waals surface area (Å²) in [4.78, 5) is 13.4. The summed E-state index contributed by atoms with van der Waals surface area (Å²) in [6, 6.07) is 19.8. The Morgan fingerprint density at radius 1 is 1.12 bits per heavy atom. The molecule has 168 valence electrons. The number of ether oxygens (including phenoxy) is 3. The molecule has 0 saturated carbocycles. The van der Waals surface area contributed by atoms with E-state index in [2.05, 4.69) is 24.4 Å². The summed E-state index contributed by atoms with van der Waals surface area (Å²) in [6.07, 6.45) is -0.274. The first-order chi connectivity index (χ1) is 15.5. The van der Waals surface area contributed by atoms with Crippen LogP contribution in [0.3, 0.4) is 0 Å². The van der Waals surface area contributed by atoms with Gasteiger partial charge in [-0.25, -0.2) is 4.79 Å². The molecule has 0 aliphatic carbocycles. The summed E-state index contributed by atoms with van der Waals surface area (Å²) in [5.41, 5.74) is 2.32. The van der Waals surface area contributed by atoms with E-state index in [9.17, 15) is 4.79 Å². The maximum atomic E-state index is 12.8. The van der Waals surface area contributed by atoms with Crippen molar-refractivity contribution in [1.82, 2.24) is 0 Å². The first kappa shape index (κ1) is 22.4. The van der Waals surface area contributed by atoms with E-state index in [4.69, 9.17) is 14.2 Å². The zero-order valence-electron chi connectivity index (χ0n) is 18.7. The highest BCUT2D eigenvalue weighted by molar-refractivity contribution is 7.11. The SMILES string of the molecule is CCNc1ccc2c(c1)C(OCCc1ccccc1)C(OC(=O)c1cccs1)C(C)(C)O2. The lowest BCUT2D eigenvalue weighted by atomic mass is 9.87. The molecule has 0 saturated heterocycles. The maximum absolute atomic E-state index is 12.8. The van der Waals surface area contributed by atoms with Crippen LogP contribution in [0.1, 0.15) is 47.7 Å². The van der Waals surface area contributed by atoms with Gasteiger partial charge in [-0.2, -0.15) is 0 Å². The third-order valence-electron chi connectivity index (χ3n) is 5.52. The Bertz CT molecular complexity index is 1030. The lowest BCUT2D eigenvalue weighted by Crippen LogP contribution is -2.51. The third kappa shape index (κ3) is 4.97. The highest BCUT2D eigenvalue weighted by Gasteiger charge is 2.47. The molecule has 0 fully saturated rings. The maximum Gasteiger partial charge on any atom is 0.348 e. The van der Waals surface area contributed by atoms with E-state index in [1.54, 1.807) is 6.07 Å². The van der Waals surface area contributed by atoms with E-state index in [0.29, 0.717) is 11.5 Å². The molecule has 1 aliphatic heterocycles. The molecule has 1 aromatic heterocycles. The molecule has 0 spiro atoms. The van der Waals surface area contributed by atoms with Gasteiger partial charge in [-0.05, 0) is 62.4 Å². The van der Waals surface area contributed by atoms with Crippen molar-refractivity contribution in [2.45, 2.75) is 45.0 Å². The number of hydrogen-bond acceptors (Lipinski definition) is 6. The van der Waals surface area contributed by atoms with E-state index < -0.39 is 17.8 Å². The minimum absolute atomic E-state index is 0.357. The summed E-state index contributed by atoms with van der Waals surface area (Å²) < 4.78 is 18.8. The van der Waals surface area contributed by atoms with Gasteiger partial charge >= 0.3 is 5.97 Å². The molecular weight excluding hydrogens is 422 g/mol. The van der Waals surface area contributed by atoms with Crippen molar-refractivity contribution < 1.29 is 19.0 Å². The second-order valence-electron chi connectivity index (χ2n) is 8.32. The number of thiophene rings is 1. The van der Waals surface area contributed by atoms with Gasteiger partial charge < -0.3 is 19.5 Å². The Morgan fingerprint density at radius 2 is 1.94 bits per heavy atom. The van der Waals surface area contributed by atoms with Crippen LogP contribution in [0.5, 0.6) is 5.75 Å². The van der Waals surface area contributed by atoms with Crippen LogP contribution >= 0.6 is 11.3 Å². The van der Waals surface area contributed by atoms with Gasteiger partial charge in [0.15, 0.2) is 6.10 Å². The number of esters is 1. The van der Waals surface area contributed by atoms with Gasteiger partial charge in [0.25, 0.3) is 0 Å². The Balaban J connectivity index is 1.63. The fraction of sp³-hybridized carbons (Fsp3) is 0.346. The summed E-state index contributed by atoms with van der Waals surface area (Å²) in [7, 11) is 0. The van der Waals surface area contributed by atoms with Crippen LogP contribution in [0.15, 0.2) is 66.0 Å². The topological polar surface area (TPSA) is 56.8 Å². The van der Waals surface area contributed by atoms with Crippen molar-refractivity contribution in [1.29, 1.82) is 0 Å². The van der Waals surface area contributed by atoms with Crippen molar-refractivity contribution in [2.75, 3.05) is 18.5 Å². The fourth-order valence-corrected chi connectivity index (χ4v) is 4.55. The number of anilines is 1. The monoisotopic (exact) mass is 451 g/mol. The second-order valence-corrected chi connectivity index (χ2v) is 9.27. The molecule has 3 aromatic rings. The van der Waals surface area contributed by atoms with E-state index >= 15 is 0 Å². The number of carbonyl (C=O) groups excluding carboxylic acids is 1. The minimum Gasteiger partial charge on any atom is -0.483 e. The second kappa shape index (κ2) is 9.76. The van der Waals surface area contributed by atoms with E-state index in [1.807, 2.05) is 61.7 Å². The number of nitrogens with one attached hydrogen (secondary N) is 1. The smallest absolute Gasteiger partial charge is 0.348 e. The van der Waals surface area contributed by atoms with Crippen molar-refractivity contribution in [3.63, 3.8) is 0 Å². The van der Waals surface area contributed by atoms with E-state index in [0.717, 1.165) is 30.0 Å². The summed E-state index contributed by atoms with van der Waals surface area (Å²) in [5, 5.41) is 5.21. The van der Waals surface area contributed by atoms with Crippen LogP contribution in [-0.2, 0) is 15.9 Å². The predicted molar refractivity (Wildman–Crippen MR) is 128 cm³/mol. The van der Waals surface area contributed by atoms with Gasteiger partial charge in [0.2, 0.25) is 0 Å². The van der Waals surface area contributed by atoms with Crippen molar-refractivity contribution in [3.8, 4) is 5.75 Å².